The monoisotopic (exact) mass is 281 g/mol. The molecule has 0 aromatic heterocycles. The zero-order chi connectivity index (χ0) is 14.9. The molecule has 0 atom stereocenters. The highest BCUT2D eigenvalue weighted by Crippen LogP contribution is 2.18. The summed E-state index contributed by atoms with van der Waals surface area (Å²) >= 11 is 0. The lowest BCUT2D eigenvalue weighted by Crippen LogP contribution is -2.08. The Hall–Kier alpha value is -2.51. The predicted molar refractivity (Wildman–Crippen MR) is 84.1 cm³/mol. The van der Waals surface area contributed by atoms with E-state index in [2.05, 4.69) is 11.4 Å². The van der Waals surface area contributed by atoms with Gasteiger partial charge in [0.2, 0.25) is 0 Å². The number of hydrogen-bond acceptors (Lipinski definition) is 4. The van der Waals surface area contributed by atoms with Crippen molar-refractivity contribution < 1.29 is 4.74 Å². The number of nitrogens with two attached hydrogens (primary N) is 1. The van der Waals surface area contributed by atoms with Crippen LogP contribution in [-0.2, 0) is 6.61 Å². The maximum Gasteiger partial charge on any atom is 0.121 e. The molecule has 0 fully saturated rings. The third-order valence-corrected chi connectivity index (χ3v) is 3.03. The van der Waals surface area contributed by atoms with Crippen LogP contribution in [0, 0.1) is 11.3 Å². The topological polar surface area (TPSA) is 71.1 Å². The first-order valence-corrected chi connectivity index (χ1v) is 6.97. The molecule has 2 aromatic rings. The summed E-state index contributed by atoms with van der Waals surface area (Å²) in [6.07, 6.45) is 0.941. The van der Waals surface area contributed by atoms with Crippen LogP contribution in [0.1, 0.15) is 17.5 Å². The average Bonchev–Trinajstić information content (AvgIpc) is 2.54. The predicted octanol–water partition coefficient (Wildman–Crippen LogP) is 2.90. The minimum Gasteiger partial charge on any atom is -0.489 e. The van der Waals surface area contributed by atoms with Crippen LogP contribution in [-0.4, -0.2) is 13.1 Å². The molecule has 0 saturated carbocycles. The summed E-state index contributed by atoms with van der Waals surface area (Å²) in [6, 6.07) is 17.4. The summed E-state index contributed by atoms with van der Waals surface area (Å²) in [5, 5.41) is 12.1. The van der Waals surface area contributed by atoms with Gasteiger partial charge in [0.1, 0.15) is 12.4 Å². The van der Waals surface area contributed by atoms with E-state index in [4.69, 9.17) is 15.7 Å². The van der Waals surface area contributed by atoms with E-state index in [0.717, 1.165) is 30.0 Å². The van der Waals surface area contributed by atoms with E-state index in [0.29, 0.717) is 18.7 Å². The lowest BCUT2D eigenvalue weighted by Gasteiger charge is -2.09. The first-order valence-electron chi connectivity index (χ1n) is 6.97. The Labute approximate surface area is 125 Å². The maximum atomic E-state index is 8.76. The summed E-state index contributed by atoms with van der Waals surface area (Å²) in [6.45, 7) is 2.02. The first kappa shape index (κ1) is 14.9. The summed E-state index contributed by atoms with van der Waals surface area (Å²) in [5.74, 6) is 0.817. The molecule has 21 heavy (non-hydrogen) atoms. The van der Waals surface area contributed by atoms with E-state index in [1.807, 2.05) is 36.4 Å². The van der Waals surface area contributed by atoms with Crippen molar-refractivity contribution in [1.82, 2.24) is 0 Å². The lowest BCUT2D eigenvalue weighted by molar-refractivity contribution is 0.306. The molecule has 108 valence electrons. The number of nitriles is 1. The van der Waals surface area contributed by atoms with Crippen molar-refractivity contribution in [2.45, 2.75) is 13.0 Å². The third kappa shape index (κ3) is 4.83. The first-order chi connectivity index (χ1) is 10.3. The number of anilines is 1. The minimum atomic E-state index is 0.484. The summed E-state index contributed by atoms with van der Waals surface area (Å²) in [7, 11) is 0. The molecule has 0 saturated heterocycles. The van der Waals surface area contributed by atoms with Gasteiger partial charge in [-0.1, -0.05) is 18.2 Å². The van der Waals surface area contributed by atoms with Gasteiger partial charge in [0.05, 0.1) is 11.6 Å². The number of rotatable bonds is 7. The Morgan fingerprint density at radius 2 is 1.95 bits per heavy atom. The Balaban J connectivity index is 1.90. The maximum absolute atomic E-state index is 8.76. The molecule has 0 aliphatic rings. The van der Waals surface area contributed by atoms with Crippen molar-refractivity contribution in [2.75, 3.05) is 18.4 Å². The molecule has 4 heteroatoms. The molecule has 0 spiro atoms. The largest absolute Gasteiger partial charge is 0.489 e. The van der Waals surface area contributed by atoms with Crippen LogP contribution in [0.3, 0.4) is 0 Å². The van der Waals surface area contributed by atoms with Gasteiger partial charge >= 0.3 is 0 Å². The highest BCUT2D eigenvalue weighted by molar-refractivity contribution is 5.48. The van der Waals surface area contributed by atoms with Crippen LogP contribution in [0.5, 0.6) is 5.75 Å². The zero-order valence-corrected chi connectivity index (χ0v) is 11.9. The van der Waals surface area contributed by atoms with Crippen LogP contribution < -0.4 is 15.8 Å². The quantitative estimate of drug-likeness (QED) is 0.765. The van der Waals surface area contributed by atoms with Crippen molar-refractivity contribution >= 4 is 5.69 Å². The van der Waals surface area contributed by atoms with Gasteiger partial charge in [0, 0.05) is 18.3 Å². The molecule has 0 bridgehead atoms. The number of ether oxygens (including phenoxy) is 1. The lowest BCUT2D eigenvalue weighted by atomic mass is 10.1. The molecule has 0 aliphatic heterocycles. The van der Waals surface area contributed by atoms with E-state index < -0.39 is 0 Å². The molecule has 2 rings (SSSR count). The molecular weight excluding hydrogens is 262 g/mol. The van der Waals surface area contributed by atoms with Gasteiger partial charge in [-0.3, -0.25) is 0 Å². The summed E-state index contributed by atoms with van der Waals surface area (Å²) in [4.78, 5) is 0. The molecule has 2 aromatic carbocycles. The smallest absolute Gasteiger partial charge is 0.121 e. The standard InChI is InChI=1S/C17H19N3O/c18-9-2-10-20-16-3-1-4-17(11-16)21-13-15-7-5-14(12-19)6-8-15/h1,3-8,11,20H,2,9-10,13,18H2. The van der Waals surface area contributed by atoms with Crippen LogP contribution in [0.4, 0.5) is 5.69 Å². The normalized spacial score (nSPS) is 9.90. The van der Waals surface area contributed by atoms with Crippen LogP contribution in [0.15, 0.2) is 48.5 Å². The number of nitrogens with one attached hydrogen (secondary N) is 1. The molecule has 0 unspecified atom stereocenters. The summed E-state index contributed by atoms with van der Waals surface area (Å²) < 4.78 is 5.76. The summed E-state index contributed by atoms with van der Waals surface area (Å²) in [5.41, 5.74) is 8.19. The third-order valence-electron chi connectivity index (χ3n) is 3.03. The highest BCUT2D eigenvalue weighted by atomic mass is 16.5. The van der Waals surface area contributed by atoms with Crippen LogP contribution in [0.25, 0.3) is 0 Å². The Kier molecular flexibility index (Phi) is 5.62. The highest BCUT2D eigenvalue weighted by Gasteiger charge is 1.99. The van der Waals surface area contributed by atoms with Gasteiger partial charge < -0.3 is 15.8 Å². The second-order valence-corrected chi connectivity index (χ2v) is 4.69. The van der Waals surface area contributed by atoms with Crippen molar-refractivity contribution in [1.29, 1.82) is 5.26 Å². The fourth-order valence-corrected chi connectivity index (χ4v) is 1.87. The molecule has 0 radical (unpaired) electrons. The van der Waals surface area contributed by atoms with Crippen molar-refractivity contribution in [2.24, 2.45) is 5.73 Å². The van der Waals surface area contributed by atoms with Crippen LogP contribution >= 0.6 is 0 Å². The van der Waals surface area contributed by atoms with Crippen molar-refractivity contribution in [3.05, 3.63) is 59.7 Å². The van der Waals surface area contributed by atoms with Crippen LogP contribution in [0.2, 0.25) is 0 Å². The minimum absolute atomic E-state index is 0.484. The zero-order valence-electron chi connectivity index (χ0n) is 11.9. The fourth-order valence-electron chi connectivity index (χ4n) is 1.87. The average molecular weight is 281 g/mol. The number of nitrogens with zero attached hydrogens (tertiary/aromatic N) is 1. The number of benzene rings is 2. The van der Waals surface area contributed by atoms with Crippen molar-refractivity contribution in [3.8, 4) is 11.8 Å². The molecule has 3 N–H and O–H groups in total. The van der Waals surface area contributed by atoms with Gasteiger partial charge in [0.15, 0.2) is 0 Å². The molecule has 0 amide bonds. The molecule has 4 nitrogen and oxygen atoms in total. The van der Waals surface area contributed by atoms with Gasteiger partial charge in [-0.15, -0.1) is 0 Å². The van der Waals surface area contributed by atoms with E-state index in [9.17, 15) is 0 Å². The second kappa shape index (κ2) is 7.93. The van der Waals surface area contributed by atoms with E-state index in [1.54, 1.807) is 12.1 Å². The Morgan fingerprint density at radius 3 is 2.67 bits per heavy atom. The molecular formula is C17H19N3O. The van der Waals surface area contributed by atoms with E-state index in [1.165, 1.54) is 0 Å². The van der Waals surface area contributed by atoms with Gasteiger partial charge in [-0.2, -0.15) is 5.26 Å². The van der Waals surface area contributed by atoms with E-state index in [-0.39, 0.29) is 0 Å². The van der Waals surface area contributed by atoms with Gasteiger partial charge in [-0.25, -0.2) is 0 Å². The van der Waals surface area contributed by atoms with E-state index >= 15 is 0 Å². The molecule has 0 aliphatic carbocycles. The SMILES string of the molecule is N#Cc1ccc(COc2cccc(NCCCN)c2)cc1. The molecule has 0 heterocycles. The number of hydrogen-bond donors (Lipinski definition) is 2. The van der Waals surface area contributed by atoms with Crippen molar-refractivity contribution in [3.63, 3.8) is 0 Å². The fraction of sp³-hybridized carbons (Fsp3) is 0.235. The Bertz CT molecular complexity index is 602. The van der Waals surface area contributed by atoms with Gasteiger partial charge in [-0.05, 0) is 42.8 Å². The Morgan fingerprint density at radius 1 is 1.14 bits per heavy atom. The van der Waals surface area contributed by atoms with Gasteiger partial charge in [0.25, 0.3) is 0 Å². The second-order valence-electron chi connectivity index (χ2n) is 4.69.